The van der Waals surface area contributed by atoms with Gasteiger partial charge in [-0.25, -0.2) is 8.78 Å². The summed E-state index contributed by atoms with van der Waals surface area (Å²) in [5.74, 6) is -0.711. The Balaban J connectivity index is 2.09. The summed E-state index contributed by atoms with van der Waals surface area (Å²) >= 11 is 0. The summed E-state index contributed by atoms with van der Waals surface area (Å²) in [5, 5.41) is 10.9. The summed E-state index contributed by atoms with van der Waals surface area (Å²) in [4.78, 5) is 0. The Bertz CT molecular complexity index is 670. The lowest BCUT2D eigenvalue weighted by molar-refractivity contribution is 0.0825. The van der Waals surface area contributed by atoms with Gasteiger partial charge in [0.25, 0.3) is 0 Å². The Kier molecular flexibility index (Phi) is 2.98. The zero-order valence-corrected chi connectivity index (χ0v) is 11.0. The third kappa shape index (κ3) is 1.88. The summed E-state index contributed by atoms with van der Waals surface area (Å²) in [7, 11) is 1.39. The molecule has 2 nitrogen and oxygen atoms in total. The highest BCUT2D eigenvalue weighted by Crippen LogP contribution is 2.42. The minimum atomic E-state index is -1.27. The van der Waals surface area contributed by atoms with Gasteiger partial charge in [0.15, 0.2) is 11.6 Å². The first-order valence-corrected chi connectivity index (χ1v) is 6.40. The van der Waals surface area contributed by atoms with Crippen molar-refractivity contribution in [2.75, 3.05) is 7.11 Å². The standard InChI is InChI=1S/C16H14F2O2/c1-20-15-5-2-11(9-14(15)18)16(19)7-6-10-8-12(17)3-4-13(10)16/h2-5,8-9,19H,6-7H2,1H3. The van der Waals surface area contributed by atoms with Crippen LogP contribution in [0.5, 0.6) is 5.75 Å². The molecule has 1 aliphatic rings. The molecule has 1 unspecified atom stereocenters. The molecule has 2 aromatic carbocycles. The van der Waals surface area contributed by atoms with Gasteiger partial charge in [0.1, 0.15) is 11.4 Å². The molecule has 104 valence electrons. The van der Waals surface area contributed by atoms with E-state index < -0.39 is 11.4 Å². The molecule has 0 spiro atoms. The molecule has 0 amide bonds. The molecule has 3 rings (SSSR count). The lowest BCUT2D eigenvalue weighted by Crippen LogP contribution is -2.24. The molecule has 0 saturated heterocycles. The minimum Gasteiger partial charge on any atom is -0.494 e. The number of halogens is 2. The number of aryl methyl sites for hydroxylation is 1. The fourth-order valence-corrected chi connectivity index (χ4v) is 2.85. The first-order valence-electron chi connectivity index (χ1n) is 6.40. The Labute approximate surface area is 115 Å². The molecule has 1 N–H and O–H groups in total. The van der Waals surface area contributed by atoms with Crippen LogP contribution in [-0.2, 0) is 12.0 Å². The predicted octanol–water partition coefficient (Wildman–Crippen LogP) is 3.16. The fourth-order valence-electron chi connectivity index (χ4n) is 2.85. The third-order valence-corrected chi connectivity index (χ3v) is 3.90. The minimum absolute atomic E-state index is 0.134. The van der Waals surface area contributed by atoms with Crippen LogP contribution in [0.3, 0.4) is 0 Å². The smallest absolute Gasteiger partial charge is 0.165 e. The van der Waals surface area contributed by atoms with Crippen molar-refractivity contribution in [3.05, 3.63) is 64.7 Å². The molecule has 0 aromatic heterocycles. The van der Waals surface area contributed by atoms with Crippen LogP contribution in [0.25, 0.3) is 0 Å². The number of hydrogen-bond acceptors (Lipinski definition) is 2. The van der Waals surface area contributed by atoms with Gasteiger partial charge in [-0.3, -0.25) is 0 Å². The molecule has 0 radical (unpaired) electrons. The number of methoxy groups -OCH3 is 1. The molecule has 2 aromatic rings. The quantitative estimate of drug-likeness (QED) is 0.913. The van der Waals surface area contributed by atoms with E-state index in [2.05, 4.69) is 0 Å². The van der Waals surface area contributed by atoms with Crippen molar-refractivity contribution in [2.45, 2.75) is 18.4 Å². The Morgan fingerprint density at radius 2 is 1.95 bits per heavy atom. The molecule has 0 bridgehead atoms. The molecule has 0 aliphatic heterocycles. The normalized spacial score (nSPS) is 20.8. The number of rotatable bonds is 2. The molecular weight excluding hydrogens is 262 g/mol. The number of benzene rings is 2. The maximum atomic E-state index is 13.8. The Morgan fingerprint density at radius 1 is 1.15 bits per heavy atom. The van der Waals surface area contributed by atoms with E-state index in [1.54, 1.807) is 12.1 Å². The number of ether oxygens (including phenoxy) is 1. The van der Waals surface area contributed by atoms with Gasteiger partial charge in [-0.15, -0.1) is 0 Å². The van der Waals surface area contributed by atoms with Crippen molar-refractivity contribution in [1.82, 2.24) is 0 Å². The van der Waals surface area contributed by atoms with E-state index >= 15 is 0 Å². The van der Waals surface area contributed by atoms with Crippen molar-refractivity contribution >= 4 is 0 Å². The maximum absolute atomic E-state index is 13.8. The molecular formula is C16H14F2O2. The fraction of sp³-hybridized carbons (Fsp3) is 0.250. The van der Waals surface area contributed by atoms with Crippen molar-refractivity contribution in [1.29, 1.82) is 0 Å². The number of hydrogen-bond donors (Lipinski definition) is 1. The van der Waals surface area contributed by atoms with Gasteiger partial charge >= 0.3 is 0 Å². The highest BCUT2D eigenvalue weighted by molar-refractivity contribution is 5.46. The summed E-state index contributed by atoms with van der Waals surface area (Å²) < 4.78 is 31.9. The molecule has 4 heteroatoms. The van der Waals surface area contributed by atoms with Gasteiger partial charge in [-0.05, 0) is 53.8 Å². The monoisotopic (exact) mass is 276 g/mol. The van der Waals surface area contributed by atoms with E-state index in [0.29, 0.717) is 24.0 Å². The van der Waals surface area contributed by atoms with Gasteiger partial charge in [-0.2, -0.15) is 0 Å². The molecule has 0 fully saturated rings. The SMILES string of the molecule is COc1ccc(C2(O)CCc3cc(F)ccc32)cc1F. The zero-order valence-electron chi connectivity index (χ0n) is 11.0. The first-order chi connectivity index (χ1) is 9.54. The molecule has 0 saturated carbocycles. The Morgan fingerprint density at radius 3 is 2.65 bits per heavy atom. The highest BCUT2D eigenvalue weighted by Gasteiger charge is 2.38. The van der Waals surface area contributed by atoms with Crippen LogP contribution in [0.2, 0.25) is 0 Å². The zero-order chi connectivity index (χ0) is 14.3. The Hall–Kier alpha value is -1.94. The predicted molar refractivity (Wildman–Crippen MR) is 70.7 cm³/mol. The highest BCUT2D eigenvalue weighted by atomic mass is 19.1. The van der Waals surface area contributed by atoms with Crippen LogP contribution in [-0.4, -0.2) is 12.2 Å². The second kappa shape index (κ2) is 4.56. The van der Waals surface area contributed by atoms with Crippen LogP contribution in [0.1, 0.15) is 23.1 Å². The summed E-state index contributed by atoms with van der Waals surface area (Å²) in [6.45, 7) is 0. The van der Waals surface area contributed by atoms with Crippen LogP contribution in [0.4, 0.5) is 8.78 Å². The lowest BCUT2D eigenvalue weighted by Gasteiger charge is -2.25. The summed E-state index contributed by atoms with van der Waals surface area (Å²) in [5.41, 5.74) is 0.601. The van der Waals surface area contributed by atoms with Gasteiger partial charge in [-0.1, -0.05) is 12.1 Å². The van der Waals surface area contributed by atoms with Crippen LogP contribution >= 0.6 is 0 Å². The van der Waals surface area contributed by atoms with Crippen LogP contribution in [0, 0.1) is 11.6 Å². The average Bonchev–Trinajstić information content (AvgIpc) is 2.77. The third-order valence-electron chi connectivity index (χ3n) is 3.90. The van der Waals surface area contributed by atoms with E-state index in [0.717, 1.165) is 5.56 Å². The summed E-state index contributed by atoms with van der Waals surface area (Å²) in [6.07, 6.45) is 0.981. The molecule has 20 heavy (non-hydrogen) atoms. The van der Waals surface area contributed by atoms with Crippen molar-refractivity contribution in [3.63, 3.8) is 0 Å². The number of aliphatic hydroxyl groups is 1. The second-order valence-electron chi connectivity index (χ2n) is 5.01. The van der Waals surface area contributed by atoms with E-state index in [1.165, 1.54) is 31.4 Å². The number of fused-ring (bicyclic) bond motifs is 1. The average molecular weight is 276 g/mol. The molecule has 0 heterocycles. The van der Waals surface area contributed by atoms with Crippen LogP contribution < -0.4 is 4.74 Å². The van der Waals surface area contributed by atoms with Gasteiger partial charge in [0, 0.05) is 0 Å². The first kappa shape index (κ1) is 13.1. The van der Waals surface area contributed by atoms with Gasteiger partial charge in [0.05, 0.1) is 7.11 Å². The second-order valence-corrected chi connectivity index (χ2v) is 5.01. The van der Waals surface area contributed by atoms with Crippen LogP contribution in [0.15, 0.2) is 36.4 Å². The topological polar surface area (TPSA) is 29.5 Å². The van der Waals surface area contributed by atoms with E-state index in [-0.39, 0.29) is 11.6 Å². The van der Waals surface area contributed by atoms with Crippen molar-refractivity contribution in [2.24, 2.45) is 0 Å². The summed E-state index contributed by atoms with van der Waals surface area (Å²) in [6, 6.07) is 8.71. The lowest BCUT2D eigenvalue weighted by atomic mass is 9.88. The maximum Gasteiger partial charge on any atom is 0.165 e. The van der Waals surface area contributed by atoms with Gasteiger partial charge < -0.3 is 9.84 Å². The van der Waals surface area contributed by atoms with Crippen molar-refractivity contribution < 1.29 is 18.6 Å². The largest absolute Gasteiger partial charge is 0.494 e. The van der Waals surface area contributed by atoms with Crippen molar-refractivity contribution in [3.8, 4) is 5.75 Å². The van der Waals surface area contributed by atoms with E-state index in [1.807, 2.05) is 0 Å². The van der Waals surface area contributed by atoms with E-state index in [4.69, 9.17) is 4.74 Å². The molecule has 1 aliphatic carbocycles. The van der Waals surface area contributed by atoms with E-state index in [9.17, 15) is 13.9 Å². The molecule has 1 atom stereocenters. The van der Waals surface area contributed by atoms with Gasteiger partial charge in [0.2, 0.25) is 0 Å².